The number of halogens is 2. The minimum atomic E-state index is -0.289. The Morgan fingerprint density at radius 3 is 2.83 bits per heavy atom. The van der Waals surface area contributed by atoms with Gasteiger partial charge in [-0.2, -0.15) is 0 Å². The van der Waals surface area contributed by atoms with E-state index in [2.05, 4.69) is 10.3 Å². The largest absolute Gasteiger partial charge is 0.305 e. The molecule has 4 heteroatoms. The van der Waals surface area contributed by atoms with Gasteiger partial charge in [0, 0.05) is 29.4 Å². The maximum Gasteiger partial charge on any atom is 0.129 e. The van der Waals surface area contributed by atoms with Crippen molar-refractivity contribution in [3.05, 3.63) is 64.7 Å². The number of rotatable bonds is 4. The molecule has 0 spiro atoms. The predicted molar refractivity (Wildman–Crippen MR) is 70.9 cm³/mol. The number of aromatic nitrogens is 1. The molecule has 0 saturated heterocycles. The Bertz CT molecular complexity index is 516. The molecule has 18 heavy (non-hydrogen) atoms. The molecule has 1 aromatic carbocycles. The quantitative estimate of drug-likeness (QED) is 0.910. The molecule has 2 rings (SSSR count). The highest BCUT2D eigenvalue weighted by atomic mass is 35.5. The zero-order valence-corrected chi connectivity index (χ0v) is 10.8. The normalized spacial score (nSPS) is 12.4. The van der Waals surface area contributed by atoms with Crippen LogP contribution in [0.5, 0.6) is 0 Å². The maximum atomic E-state index is 13.6. The number of pyridine rings is 1. The van der Waals surface area contributed by atoms with Gasteiger partial charge in [0.1, 0.15) is 5.82 Å². The molecule has 1 heterocycles. The molecule has 0 aliphatic carbocycles. The fourth-order valence-corrected chi connectivity index (χ4v) is 1.82. The SMILES string of the molecule is C[C@H](NCc1ccc(Cl)cc1F)c1ccccn1. The number of nitrogens with one attached hydrogen (secondary N) is 1. The third-order valence-corrected chi connectivity index (χ3v) is 2.98. The highest BCUT2D eigenvalue weighted by molar-refractivity contribution is 6.30. The van der Waals surface area contributed by atoms with E-state index >= 15 is 0 Å². The summed E-state index contributed by atoms with van der Waals surface area (Å²) in [7, 11) is 0. The van der Waals surface area contributed by atoms with Crippen molar-refractivity contribution in [3.8, 4) is 0 Å². The lowest BCUT2D eigenvalue weighted by atomic mass is 10.1. The van der Waals surface area contributed by atoms with Crippen LogP contribution in [-0.2, 0) is 6.54 Å². The molecule has 1 aromatic heterocycles. The Hall–Kier alpha value is -1.45. The molecule has 0 unspecified atom stereocenters. The second-order valence-electron chi connectivity index (χ2n) is 4.09. The van der Waals surface area contributed by atoms with E-state index in [0.717, 1.165) is 5.69 Å². The zero-order valence-electron chi connectivity index (χ0n) is 10.0. The van der Waals surface area contributed by atoms with Crippen molar-refractivity contribution in [1.82, 2.24) is 10.3 Å². The van der Waals surface area contributed by atoms with Crippen molar-refractivity contribution in [2.45, 2.75) is 19.5 Å². The molecule has 0 radical (unpaired) electrons. The monoisotopic (exact) mass is 264 g/mol. The van der Waals surface area contributed by atoms with Crippen molar-refractivity contribution in [2.24, 2.45) is 0 Å². The number of nitrogens with zero attached hydrogens (tertiary/aromatic N) is 1. The van der Waals surface area contributed by atoms with Crippen LogP contribution in [0, 0.1) is 5.82 Å². The first-order valence-corrected chi connectivity index (χ1v) is 6.13. The molecular formula is C14H14ClFN2. The summed E-state index contributed by atoms with van der Waals surface area (Å²) in [5.74, 6) is -0.289. The van der Waals surface area contributed by atoms with E-state index < -0.39 is 0 Å². The van der Waals surface area contributed by atoms with Gasteiger partial charge in [0.05, 0.1) is 5.69 Å². The van der Waals surface area contributed by atoms with E-state index in [4.69, 9.17) is 11.6 Å². The Kier molecular flexibility index (Phi) is 4.28. The third-order valence-electron chi connectivity index (χ3n) is 2.75. The molecule has 2 nitrogen and oxygen atoms in total. The fourth-order valence-electron chi connectivity index (χ4n) is 1.66. The first-order chi connectivity index (χ1) is 8.66. The number of hydrogen-bond donors (Lipinski definition) is 1. The average Bonchev–Trinajstić information content (AvgIpc) is 2.38. The van der Waals surface area contributed by atoms with Crippen LogP contribution in [0.25, 0.3) is 0 Å². The number of benzene rings is 1. The second-order valence-corrected chi connectivity index (χ2v) is 4.53. The molecular weight excluding hydrogens is 251 g/mol. The van der Waals surface area contributed by atoms with Gasteiger partial charge in [-0.3, -0.25) is 4.98 Å². The first kappa shape index (κ1) is 13.0. The van der Waals surface area contributed by atoms with Gasteiger partial charge in [-0.25, -0.2) is 4.39 Å². The van der Waals surface area contributed by atoms with Crippen LogP contribution in [0.15, 0.2) is 42.6 Å². The van der Waals surface area contributed by atoms with Crippen LogP contribution in [0.2, 0.25) is 5.02 Å². The molecule has 1 N–H and O–H groups in total. The lowest BCUT2D eigenvalue weighted by Gasteiger charge is -2.13. The van der Waals surface area contributed by atoms with E-state index in [1.54, 1.807) is 18.3 Å². The van der Waals surface area contributed by atoms with E-state index in [9.17, 15) is 4.39 Å². The summed E-state index contributed by atoms with van der Waals surface area (Å²) in [6.45, 7) is 2.44. The van der Waals surface area contributed by atoms with Crippen molar-refractivity contribution in [3.63, 3.8) is 0 Å². The van der Waals surface area contributed by atoms with Crippen molar-refractivity contribution >= 4 is 11.6 Å². The van der Waals surface area contributed by atoms with Crippen LogP contribution < -0.4 is 5.32 Å². The van der Waals surface area contributed by atoms with E-state index in [1.807, 2.05) is 25.1 Å². The van der Waals surface area contributed by atoms with Crippen LogP contribution in [0.3, 0.4) is 0 Å². The summed E-state index contributed by atoms with van der Waals surface area (Å²) in [6.07, 6.45) is 1.75. The summed E-state index contributed by atoms with van der Waals surface area (Å²) in [4.78, 5) is 4.25. The fraction of sp³-hybridized carbons (Fsp3) is 0.214. The van der Waals surface area contributed by atoms with Crippen molar-refractivity contribution < 1.29 is 4.39 Å². The minimum absolute atomic E-state index is 0.0706. The Balaban J connectivity index is 1.99. The highest BCUT2D eigenvalue weighted by Gasteiger charge is 2.07. The summed E-state index contributed by atoms with van der Waals surface area (Å²) < 4.78 is 13.6. The van der Waals surface area contributed by atoms with Gasteiger partial charge in [0.25, 0.3) is 0 Å². The lowest BCUT2D eigenvalue weighted by molar-refractivity contribution is 0.536. The van der Waals surface area contributed by atoms with Gasteiger partial charge in [0.15, 0.2) is 0 Å². The highest BCUT2D eigenvalue weighted by Crippen LogP contribution is 2.16. The van der Waals surface area contributed by atoms with E-state index in [1.165, 1.54) is 6.07 Å². The molecule has 1 atom stereocenters. The average molecular weight is 265 g/mol. The molecule has 94 valence electrons. The van der Waals surface area contributed by atoms with Crippen LogP contribution in [0.4, 0.5) is 4.39 Å². The zero-order chi connectivity index (χ0) is 13.0. The van der Waals surface area contributed by atoms with Gasteiger partial charge >= 0.3 is 0 Å². The van der Waals surface area contributed by atoms with Crippen LogP contribution in [0.1, 0.15) is 24.2 Å². The molecule has 0 fully saturated rings. The Morgan fingerprint density at radius 1 is 1.33 bits per heavy atom. The van der Waals surface area contributed by atoms with Crippen LogP contribution >= 0.6 is 11.6 Å². The van der Waals surface area contributed by atoms with Gasteiger partial charge in [0.2, 0.25) is 0 Å². The van der Waals surface area contributed by atoms with Crippen molar-refractivity contribution in [1.29, 1.82) is 0 Å². The topological polar surface area (TPSA) is 24.9 Å². The van der Waals surface area contributed by atoms with Crippen molar-refractivity contribution in [2.75, 3.05) is 0 Å². The summed E-state index contributed by atoms with van der Waals surface area (Å²) in [5, 5.41) is 3.64. The Morgan fingerprint density at radius 2 is 2.17 bits per heavy atom. The van der Waals surface area contributed by atoms with Gasteiger partial charge in [-0.1, -0.05) is 23.7 Å². The number of hydrogen-bond acceptors (Lipinski definition) is 2. The molecule has 0 aliphatic heterocycles. The Labute approximate surface area is 111 Å². The predicted octanol–water partition coefficient (Wildman–Crippen LogP) is 3.72. The van der Waals surface area contributed by atoms with Gasteiger partial charge in [-0.05, 0) is 31.2 Å². The molecule has 0 bridgehead atoms. The van der Waals surface area contributed by atoms with Gasteiger partial charge in [-0.15, -0.1) is 0 Å². The van der Waals surface area contributed by atoms with E-state index in [0.29, 0.717) is 17.1 Å². The molecule has 2 aromatic rings. The maximum absolute atomic E-state index is 13.6. The summed E-state index contributed by atoms with van der Waals surface area (Å²) >= 11 is 5.71. The summed E-state index contributed by atoms with van der Waals surface area (Å²) in [5.41, 5.74) is 1.54. The second kappa shape index (κ2) is 5.94. The molecule has 0 aliphatic rings. The van der Waals surface area contributed by atoms with E-state index in [-0.39, 0.29) is 11.9 Å². The molecule has 0 saturated carbocycles. The van der Waals surface area contributed by atoms with Gasteiger partial charge < -0.3 is 5.32 Å². The summed E-state index contributed by atoms with van der Waals surface area (Å²) in [6, 6.07) is 10.5. The minimum Gasteiger partial charge on any atom is -0.305 e. The first-order valence-electron chi connectivity index (χ1n) is 5.75. The lowest BCUT2D eigenvalue weighted by Crippen LogP contribution is -2.19. The standard InChI is InChI=1S/C14H14ClFN2/c1-10(14-4-2-3-7-17-14)18-9-11-5-6-12(15)8-13(11)16/h2-8,10,18H,9H2,1H3/t10-/m0/s1. The van der Waals surface area contributed by atoms with Crippen LogP contribution in [-0.4, -0.2) is 4.98 Å². The smallest absolute Gasteiger partial charge is 0.129 e. The third kappa shape index (κ3) is 3.28. The molecule has 0 amide bonds.